The zero-order valence-corrected chi connectivity index (χ0v) is 11.9. The van der Waals surface area contributed by atoms with Crippen LogP contribution in [0, 0.1) is 0 Å². The van der Waals surface area contributed by atoms with E-state index in [1.165, 1.54) is 0 Å². The van der Waals surface area contributed by atoms with Gasteiger partial charge in [0.1, 0.15) is 17.4 Å². The molecular weight excluding hydrogens is 236 g/mol. The van der Waals surface area contributed by atoms with E-state index in [1.807, 2.05) is 18.2 Å². The minimum atomic E-state index is 0.110. The quantitative estimate of drug-likeness (QED) is 0.862. The van der Waals surface area contributed by atoms with Crippen molar-refractivity contribution in [2.24, 2.45) is 0 Å². The third kappa shape index (κ3) is 3.44. The first-order valence-electron chi connectivity index (χ1n) is 6.96. The molecule has 2 rings (SSSR count). The highest BCUT2D eigenvalue weighted by Gasteiger charge is 2.14. The molecule has 0 aliphatic carbocycles. The Bertz CT molecular complexity index is 522. The summed E-state index contributed by atoms with van der Waals surface area (Å²) >= 11 is 0. The SMILES string of the molecule is CCCNC(C)C(C)Oc1cccc2cccnc12. The molecule has 0 aliphatic heterocycles. The third-order valence-electron chi connectivity index (χ3n) is 3.33. The molecule has 0 saturated heterocycles. The highest BCUT2D eigenvalue weighted by atomic mass is 16.5. The van der Waals surface area contributed by atoms with Gasteiger partial charge in [0, 0.05) is 17.6 Å². The monoisotopic (exact) mass is 258 g/mol. The second kappa shape index (κ2) is 6.53. The van der Waals surface area contributed by atoms with E-state index in [9.17, 15) is 0 Å². The Morgan fingerprint density at radius 3 is 2.79 bits per heavy atom. The van der Waals surface area contributed by atoms with Crippen molar-refractivity contribution >= 4 is 10.9 Å². The number of nitrogens with zero attached hydrogens (tertiary/aromatic N) is 1. The predicted octanol–water partition coefficient (Wildman–Crippen LogP) is 3.39. The van der Waals surface area contributed by atoms with E-state index in [1.54, 1.807) is 6.20 Å². The summed E-state index contributed by atoms with van der Waals surface area (Å²) in [6.07, 6.45) is 3.05. The number of ether oxygens (including phenoxy) is 1. The molecule has 3 nitrogen and oxygen atoms in total. The van der Waals surface area contributed by atoms with Gasteiger partial charge in [0.25, 0.3) is 0 Å². The predicted molar refractivity (Wildman–Crippen MR) is 79.6 cm³/mol. The molecule has 1 heterocycles. The molecule has 2 unspecified atom stereocenters. The van der Waals surface area contributed by atoms with Gasteiger partial charge in [0.15, 0.2) is 0 Å². The van der Waals surface area contributed by atoms with Crippen LogP contribution in [-0.2, 0) is 0 Å². The fourth-order valence-corrected chi connectivity index (χ4v) is 2.01. The van der Waals surface area contributed by atoms with E-state index in [4.69, 9.17) is 4.74 Å². The molecular formula is C16H22N2O. The van der Waals surface area contributed by atoms with Gasteiger partial charge < -0.3 is 10.1 Å². The molecule has 102 valence electrons. The van der Waals surface area contributed by atoms with Crippen molar-refractivity contribution in [3.05, 3.63) is 36.5 Å². The normalized spacial score (nSPS) is 14.3. The molecule has 1 aromatic heterocycles. The number of nitrogens with one attached hydrogen (secondary N) is 1. The van der Waals surface area contributed by atoms with Crippen LogP contribution in [0.5, 0.6) is 5.75 Å². The number of fused-ring (bicyclic) bond motifs is 1. The van der Waals surface area contributed by atoms with Crippen molar-refractivity contribution in [1.29, 1.82) is 0 Å². The second-order valence-corrected chi connectivity index (χ2v) is 4.90. The minimum absolute atomic E-state index is 0.110. The Kier molecular flexibility index (Phi) is 4.74. The summed E-state index contributed by atoms with van der Waals surface area (Å²) in [7, 11) is 0. The maximum absolute atomic E-state index is 6.06. The number of aromatic nitrogens is 1. The van der Waals surface area contributed by atoms with Crippen LogP contribution >= 0.6 is 0 Å². The lowest BCUT2D eigenvalue weighted by atomic mass is 10.2. The van der Waals surface area contributed by atoms with Crippen molar-refractivity contribution in [3.8, 4) is 5.75 Å². The molecule has 1 N–H and O–H groups in total. The molecule has 2 aromatic rings. The molecule has 0 saturated carbocycles. The van der Waals surface area contributed by atoms with E-state index in [0.29, 0.717) is 6.04 Å². The molecule has 0 spiro atoms. The van der Waals surface area contributed by atoms with Crippen molar-refractivity contribution in [2.75, 3.05) is 6.54 Å². The van der Waals surface area contributed by atoms with Gasteiger partial charge in [-0.25, -0.2) is 0 Å². The molecule has 0 aliphatic rings. The summed E-state index contributed by atoms with van der Waals surface area (Å²) in [5.74, 6) is 0.857. The molecule has 0 bridgehead atoms. The molecule has 0 fully saturated rings. The molecule has 1 aromatic carbocycles. The summed E-state index contributed by atoms with van der Waals surface area (Å²) in [6, 6.07) is 10.4. The molecule has 3 heteroatoms. The van der Waals surface area contributed by atoms with Crippen molar-refractivity contribution in [3.63, 3.8) is 0 Å². The summed E-state index contributed by atoms with van der Waals surface area (Å²) in [4.78, 5) is 4.41. The van der Waals surface area contributed by atoms with E-state index >= 15 is 0 Å². The van der Waals surface area contributed by atoms with Crippen LogP contribution in [0.4, 0.5) is 0 Å². The fourth-order valence-electron chi connectivity index (χ4n) is 2.01. The van der Waals surface area contributed by atoms with Gasteiger partial charge >= 0.3 is 0 Å². The fraction of sp³-hybridized carbons (Fsp3) is 0.438. The van der Waals surface area contributed by atoms with Gasteiger partial charge in [-0.1, -0.05) is 25.1 Å². The van der Waals surface area contributed by atoms with E-state index < -0.39 is 0 Å². The standard InChI is InChI=1S/C16H22N2O/c1-4-10-17-12(2)13(3)19-15-9-5-7-14-8-6-11-18-16(14)15/h5-9,11-13,17H,4,10H2,1-3H3. The Balaban J connectivity index is 2.12. The van der Waals surface area contributed by atoms with E-state index in [0.717, 1.165) is 29.6 Å². The maximum Gasteiger partial charge on any atom is 0.146 e. The van der Waals surface area contributed by atoms with Crippen molar-refractivity contribution < 1.29 is 4.74 Å². The van der Waals surface area contributed by atoms with E-state index in [-0.39, 0.29) is 6.10 Å². The van der Waals surface area contributed by atoms with Gasteiger partial charge in [0.05, 0.1) is 0 Å². The van der Waals surface area contributed by atoms with Gasteiger partial charge in [0.2, 0.25) is 0 Å². The first-order chi connectivity index (χ1) is 9.22. The zero-order chi connectivity index (χ0) is 13.7. The van der Waals surface area contributed by atoms with Crippen LogP contribution in [0.15, 0.2) is 36.5 Å². The smallest absolute Gasteiger partial charge is 0.146 e. The summed E-state index contributed by atoms with van der Waals surface area (Å²) < 4.78 is 6.06. The Morgan fingerprint density at radius 1 is 1.21 bits per heavy atom. The Labute approximate surface area is 115 Å². The Morgan fingerprint density at radius 2 is 2.00 bits per heavy atom. The molecule has 0 amide bonds. The Hall–Kier alpha value is -1.61. The molecule has 0 radical (unpaired) electrons. The lowest BCUT2D eigenvalue weighted by Crippen LogP contribution is -2.39. The highest BCUT2D eigenvalue weighted by Crippen LogP contribution is 2.24. The van der Waals surface area contributed by atoms with Crippen LogP contribution < -0.4 is 10.1 Å². The number of hydrogen-bond acceptors (Lipinski definition) is 3. The van der Waals surface area contributed by atoms with Gasteiger partial charge in [-0.2, -0.15) is 0 Å². The minimum Gasteiger partial charge on any atom is -0.487 e. The first-order valence-corrected chi connectivity index (χ1v) is 6.96. The average molecular weight is 258 g/mol. The third-order valence-corrected chi connectivity index (χ3v) is 3.33. The van der Waals surface area contributed by atoms with Crippen LogP contribution in [0.1, 0.15) is 27.2 Å². The maximum atomic E-state index is 6.06. The molecule has 2 atom stereocenters. The van der Waals surface area contributed by atoms with Gasteiger partial charge in [-0.3, -0.25) is 4.98 Å². The second-order valence-electron chi connectivity index (χ2n) is 4.90. The van der Waals surface area contributed by atoms with E-state index in [2.05, 4.69) is 43.2 Å². The summed E-state index contributed by atoms with van der Waals surface area (Å²) in [6.45, 7) is 7.43. The van der Waals surface area contributed by atoms with Crippen LogP contribution in [0.3, 0.4) is 0 Å². The van der Waals surface area contributed by atoms with Crippen LogP contribution in [0.25, 0.3) is 10.9 Å². The van der Waals surface area contributed by atoms with Crippen LogP contribution in [-0.4, -0.2) is 23.7 Å². The number of hydrogen-bond donors (Lipinski definition) is 1. The lowest BCUT2D eigenvalue weighted by molar-refractivity contribution is 0.180. The number of rotatable bonds is 6. The highest BCUT2D eigenvalue weighted by molar-refractivity contribution is 5.84. The first kappa shape index (κ1) is 13.8. The van der Waals surface area contributed by atoms with Gasteiger partial charge in [-0.05, 0) is 38.9 Å². The summed E-state index contributed by atoms with van der Waals surface area (Å²) in [5, 5.41) is 4.57. The number of benzene rings is 1. The largest absolute Gasteiger partial charge is 0.487 e. The van der Waals surface area contributed by atoms with Crippen LogP contribution in [0.2, 0.25) is 0 Å². The number of pyridine rings is 1. The topological polar surface area (TPSA) is 34.1 Å². The number of para-hydroxylation sites is 1. The lowest BCUT2D eigenvalue weighted by Gasteiger charge is -2.23. The van der Waals surface area contributed by atoms with Crippen molar-refractivity contribution in [2.45, 2.75) is 39.3 Å². The zero-order valence-electron chi connectivity index (χ0n) is 11.9. The summed E-state index contributed by atoms with van der Waals surface area (Å²) in [5.41, 5.74) is 0.930. The van der Waals surface area contributed by atoms with Gasteiger partial charge in [-0.15, -0.1) is 0 Å². The van der Waals surface area contributed by atoms with Crippen molar-refractivity contribution in [1.82, 2.24) is 10.3 Å². The molecule has 19 heavy (non-hydrogen) atoms. The average Bonchev–Trinajstić information content (AvgIpc) is 2.45.